The van der Waals surface area contributed by atoms with Gasteiger partial charge >= 0.3 is 5.97 Å². The van der Waals surface area contributed by atoms with Crippen LogP contribution < -0.4 is 11.3 Å². The van der Waals surface area contributed by atoms with Gasteiger partial charge in [-0.15, -0.1) is 0 Å². The summed E-state index contributed by atoms with van der Waals surface area (Å²) < 4.78 is 4.69. The molecule has 7 nitrogen and oxygen atoms in total. The number of carbonyl (C=O) groups is 2. The Morgan fingerprint density at radius 3 is 2.70 bits per heavy atom. The number of aromatic amines is 1. The second-order valence-corrected chi connectivity index (χ2v) is 4.92. The van der Waals surface area contributed by atoms with Crippen molar-refractivity contribution in [2.75, 3.05) is 13.7 Å². The van der Waals surface area contributed by atoms with Crippen molar-refractivity contribution in [1.29, 1.82) is 0 Å². The number of nitrogens with two attached hydrogens (primary N) is 1. The molecule has 0 saturated carbocycles. The predicted octanol–water partition coefficient (Wildman–Crippen LogP) is 0.927. The summed E-state index contributed by atoms with van der Waals surface area (Å²) >= 11 is 0. The number of ketones is 1. The number of methoxy groups -OCH3 is 1. The van der Waals surface area contributed by atoms with Gasteiger partial charge in [0.1, 0.15) is 5.69 Å². The minimum absolute atomic E-state index is 0.223. The number of Topliss-reactive ketones (excluding diaryl/α,β-unsaturated/α-hetero) is 1. The van der Waals surface area contributed by atoms with Crippen molar-refractivity contribution in [1.82, 2.24) is 10.2 Å². The SMILES string of the molecule is COC(=O)c1cccc(-c2n[nH]c(=O)c(CCN)c2C(C)=O)c1. The van der Waals surface area contributed by atoms with Crippen LogP contribution in [0.2, 0.25) is 0 Å². The van der Waals surface area contributed by atoms with E-state index in [9.17, 15) is 14.4 Å². The Labute approximate surface area is 132 Å². The van der Waals surface area contributed by atoms with Gasteiger partial charge in [0.2, 0.25) is 0 Å². The Hall–Kier alpha value is -2.80. The third-order valence-corrected chi connectivity index (χ3v) is 3.39. The second kappa shape index (κ2) is 6.97. The zero-order chi connectivity index (χ0) is 17.0. The monoisotopic (exact) mass is 315 g/mol. The first-order valence-corrected chi connectivity index (χ1v) is 7.01. The fourth-order valence-corrected chi connectivity index (χ4v) is 2.37. The number of benzene rings is 1. The van der Waals surface area contributed by atoms with Gasteiger partial charge in [-0.2, -0.15) is 5.10 Å². The summed E-state index contributed by atoms with van der Waals surface area (Å²) in [5.41, 5.74) is 6.78. The lowest BCUT2D eigenvalue weighted by Gasteiger charge is -2.11. The summed E-state index contributed by atoms with van der Waals surface area (Å²) in [7, 11) is 1.29. The van der Waals surface area contributed by atoms with E-state index in [1.54, 1.807) is 24.3 Å². The van der Waals surface area contributed by atoms with Crippen LogP contribution in [0.15, 0.2) is 29.1 Å². The third kappa shape index (κ3) is 3.35. The second-order valence-electron chi connectivity index (χ2n) is 4.92. The summed E-state index contributed by atoms with van der Waals surface area (Å²) in [6.07, 6.45) is 0.260. The summed E-state index contributed by atoms with van der Waals surface area (Å²) in [6.45, 7) is 1.60. The molecule has 0 saturated heterocycles. The molecular weight excluding hydrogens is 298 g/mol. The number of H-pyrrole nitrogens is 1. The molecule has 2 aromatic rings. The molecule has 0 radical (unpaired) electrons. The lowest BCUT2D eigenvalue weighted by Crippen LogP contribution is -2.23. The van der Waals surface area contributed by atoms with Crippen LogP contribution in [0.1, 0.15) is 33.2 Å². The van der Waals surface area contributed by atoms with Gasteiger partial charge in [0.15, 0.2) is 5.78 Å². The Morgan fingerprint density at radius 2 is 2.09 bits per heavy atom. The molecule has 1 heterocycles. The van der Waals surface area contributed by atoms with Gasteiger partial charge in [0.05, 0.1) is 18.2 Å². The largest absolute Gasteiger partial charge is 0.465 e. The number of esters is 1. The first kappa shape index (κ1) is 16.6. The Kier molecular flexibility index (Phi) is 5.02. The molecule has 3 N–H and O–H groups in total. The number of carbonyl (C=O) groups excluding carboxylic acids is 2. The zero-order valence-corrected chi connectivity index (χ0v) is 12.9. The van der Waals surface area contributed by atoms with E-state index in [-0.39, 0.29) is 24.3 Å². The van der Waals surface area contributed by atoms with Crippen LogP contribution in [0.4, 0.5) is 0 Å². The summed E-state index contributed by atoms with van der Waals surface area (Å²) in [5.74, 6) is -0.784. The summed E-state index contributed by atoms with van der Waals surface area (Å²) in [5, 5.41) is 6.37. The average molecular weight is 315 g/mol. The molecule has 0 fully saturated rings. The normalized spacial score (nSPS) is 10.4. The van der Waals surface area contributed by atoms with Gasteiger partial charge in [0.25, 0.3) is 5.56 Å². The maximum atomic E-state index is 12.0. The fourth-order valence-electron chi connectivity index (χ4n) is 2.37. The maximum Gasteiger partial charge on any atom is 0.337 e. The quantitative estimate of drug-likeness (QED) is 0.626. The van der Waals surface area contributed by atoms with Crippen molar-refractivity contribution in [2.24, 2.45) is 5.73 Å². The van der Waals surface area contributed by atoms with Crippen LogP contribution >= 0.6 is 0 Å². The van der Waals surface area contributed by atoms with Crippen molar-refractivity contribution >= 4 is 11.8 Å². The van der Waals surface area contributed by atoms with E-state index in [0.29, 0.717) is 22.4 Å². The van der Waals surface area contributed by atoms with Crippen LogP contribution in [0, 0.1) is 0 Å². The number of nitrogens with zero attached hydrogens (tertiary/aromatic N) is 1. The zero-order valence-electron chi connectivity index (χ0n) is 12.9. The number of ether oxygens (including phenoxy) is 1. The van der Waals surface area contributed by atoms with E-state index in [4.69, 9.17) is 5.73 Å². The van der Waals surface area contributed by atoms with E-state index in [1.807, 2.05) is 0 Å². The molecule has 0 aliphatic heterocycles. The maximum absolute atomic E-state index is 12.0. The molecule has 0 atom stereocenters. The molecule has 1 aromatic heterocycles. The van der Waals surface area contributed by atoms with E-state index in [1.165, 1.54) is 14.0 Å². The van der Waals surface area contributed by atoms with E-state index in [2.05, 4.69) is 14.9 Å². The molecule has 0 unspecified atom stereocenters. The average Bonchev–Trinajstić information content (AvgIpc) is 2.55. The van der Waals surface area contributed by atoms with Crippen LogP contribution in [-0.2, 0) is 11.2 Å². The van der Waals surface area contributed by atoms with Gasteiger partial charge in [0, 0.05) is 11.1 Å². The molecule has 7 heteroatoms. The van der Waals surface area contributed by atoms with Crippen molar-refractivity contribution < 1.29 is 14.3 Å². The molecule has 120 valence electrons. The molecular formula is C16H17N3O4. The van der Waals surface area contributed by atoms with Crippen molar-refractivity contribution in [3.05, 3.63) is 51.3 Å². The summed E-state index contributed by atoms with van der Waals surface area (Å²) in [4.78, 5) is 35.6. The van der Waals surface area contributed by atoms with Gasteiger partial charge in [-0.3, -0.25) is 9.59 Å². The minimum atomic E-state index is -0.497. The predicted molar refractivity (Wildman–Crippen MR) is 84.4 cm³/mol. The Bertz CT molecular complexity index is 811. The van der Waals surface area contributed by atoms with E-state index >= 15 is 0 Å². The van der Waals surface area contributed by atoms with E-state index in [0.717, 1.165) is 0 Å². The number of nitrogens with one attached hydrogen (secondary N) is 1. The number of rotatable bonds is 5. The third-order valence-electron chi connectivity index (χ3n) is 3.39. The number of hydrogen-bond acceptors (Lipinski definition) is 6. The molecule has 1 aromatic carbocycles. The molecule has 0 bridgehead atoms. The Balaban J connectivity index is 2.69. The van der Waals surface area contributed by atoms with E-state index < -0.39 is 11.5 Å². The van der Waals surface area contributed by atoms with Crippen molar-refractivity contribution in [3.8, 4) is 11.3 Å². The van der Waals surface area contributed by atoms with Gasteiger partial charge in [-0.05, 0) is 32.0 Å². The van der Waals surface area contributed by atoms with Gasteiger partial charge < -0.3 is 10.5 Å². The molecule has 0 spiro atoms. The smallest absolute Gasteiger partial charge is 0.337 e. The lowest BCUT2D eigenvalue weighted by atomic mass is 9.96. The van der Waals surface area contributed by atoms with Crippen LogP contribution in [0.25, 0.3) is 11.3 Å². The molecule has 2 rings (SSSR count). The standard InChI is InChI=1S/C16H17N3O4/c1-9(20)13-12(6-7-17)15(21)19-18-14(13)10-4-3-5-11(8-10)16(22)23-2/h3-5,8H,6-7,17H2,1-2H3,(H,19,21). The lowest BCUT2D eigenvalue weighted by molar-refractivity contribution is 0.0600. The highest BCUT2D eigenvalue weighted by atomic mass is 16.5. The minimum Gasteiger partial charge on any atom is -0.465 e. The topological polar surface area (TPSA) is 115 Å². The Morgan fingerprint density at radius 1 is 1.35 bits per heavy atom. The molecule has 0 aliphatic rings. The first-order chi connectivity index (χ1) is 11.0. The number of aromatic nitrogens is 2. The van der Waals surface area contributed by atoms with Gasteiger partial charge in [-0.1, -0.05) is 12.1 Å². The van der Waals surface area contributed by atoms with Crippen LogP contribution in [-0.4, -0.2) is 35.6 Å². The number of hydrogen-bond donors (Lipinski definition) is 2. The van der Waals surface area contributed by atoms with Crippen molar-refractivity contribution in [3.63, 3.8) is 0 Å². The molecule has 23 heavy (non-hydrogen) atoms. The highest BCUT2D eigenvalue weighted by Crippen LogP contribution is 2.24. The van der Waals surface area contributed by atoms with Gasteiger partial charge in [-0.25, -0.2) is 9.89 Å². The van der Waals surface area contributed by atoms with Crippen LogP contribution in [0.5, 0.6) is 0 Å². The highest BCUT2D eigenvalue weighted by molar-refractivity contribution is 6.01. The first-order valence-electron chi connectivity index (χ1n) is 7.01. The fraction of sp³-hybridized carbons (Fsp3) is 0.250. The van der Waals surface area contributed by atoms with Crippen molar-refractivity contribution in [2.45, 2.75) is 13.3 Å². The molecule has 0 amide bonds. The summed E-state index contributed by atoms with van der Waals surface area (Å²) in [6, 6.07) is 6.51. The van der Waals surface area contributed by atoms with Crippen LogP contribution in [0.3, 0.4) is 0 Å². The highest BCUT2D eigenvalue weighted by Gasteiger charge is 2.19. The molecule has 0 aliphatic carbocycles.